The van der Waals surface area contributed by atoms with Gasteiger partial charge in [0.2, 0.25) is 0 Å². The van der Waals surface area contributed by atoms with Crippen molar-refractivity contribution in [2.45, 2.75) is 90.0 Å². The van der Waals surface area contributed by atoms with E-state index in [1.165, 1.54) is 0 Å². The minimum Gasteiger partial charge on any atom is -0.387 e. The molecule has 0 aromatic rings. The first kappa shape index (κ1) is 22.8. The third kappa shape index (κ3) is 7.89. The zero-order chi connectivity index (χ0) is 18.5. The first-order valence-corrected chi connectivity index (χ1v) is 9.86. The fourth-order valence-electron chi connectivity index (χ4n) is 2.76. The quantitative estimate of drug-likeness (QED) is 0.479. The van der Waals surface area contributed by atoms with Crippen LogP contribution in [0.5, 0.6) is 0 Å². The molecule has 1 heterocycles. The molecule has 1 rings (SSSR count). The van der Waals surface area contributed by atoms with E-state index in [0.717, 1.165) is 38.5 Å². The molecule has 1 fully saturated rings. The van der Waals surface area contributed by atoms with E-state index in [0.29, 0.717) is 26.4 Å². The maximum absolute atomic E-state index is 10.8. The molecule has 0 amide bonds. The van der Waals surface area contributed by atoms with E-state index in [1.807, 2.05) is 0 Å². The first-order valence-electron chi connectivity index (χ1n) is 9.86. The normalized spacial score (nSPS) is 29.9. The Balaban J connectivity index is 2.70. The monoisotopic (exact) mass is 362 g/mol. The second kappa shape index (κ2) is 13.9. The number of methoxy groups -OCH3 is 1. The molecule has 6 nitrogen and oxygen atoms in total. The number of ether oxygens (including phenoxy) is 5. The van der Waals surface area contributed by atoms with Gasteiger partial charge in [0.15, 0.2) is 6.29 Å². The molecule has 1 aliphatic rings. The Kier molecular flexibility index (Phi) is 12.7. The minimum atomic E-state index is -0.795. The summed E-state index contributed by atoms with van der Waals surface area (Å²) < 4.78 is 29.0. The second-order valence-corrected chi connectivity index (χ2v) is 6.58. The third-order valence-corrected chi connectivity index (χ3v) is 4.39. The Morgan fingerprint density at radius 3 is 1.96 bits per heavy atom. The maximum Gasteiger partial charge on any atom is 0.186 e. The molecule has 1 saturated heterocycles. The fraction of sp³-hybridized carbons (Fsp3) is 1.00. The Morgan fingerprint density at radius 1 is 0.840 bits per heavy atom. The molecule has 0 aromatic carbocycles. The van der Waals surface area contributed by atoms with Crippen LogP contribution in [0, 0.1) is 0 Å². The fourth-order valence-corrected chi connectivity index (χ4v) is 2.76. The van der Waals surface area contributed by atoms with Gasteiger partial charge in [-0.15, -0.1) is 0 Å². The number of hydrogen-bond acceptors (Lipinski definition) is 6. The van der Waals surface area contributed by atoms with E-state index in [-0.39, 0.29) is 0 Å². The minimum absolute atomic E-state index is 0.330. The van der Waals surface area contributed by atoms with E-state index < -0.39 is 30.7 Å². The largest absolute Gasteiger partial charge is 0.387 e. The van der Waals surface area contributed by atoms with Crippen molar-refractivity contribution < 1.29 is 28.8 Å². The zero-order valence-corrected chi connectivity index (χ0v) is 16.4. The third-order valence-electron chi connectivity index (χ3n) is 4.39. The van der Waals surface area contributed by atoms with Crippen molar-refractivity contribution in [2.24, 2.45) is 0 Å². The van der Waals surface area contributed by atoms with E-state index in [2.05, 4.69) is 20.8 Å². The molecule has 1 N–H and O–H groups in total. The van der Waals surface area contributed by atoms with Gasteiger partial charge in [-0.2, -0.15) is 0 Å². The Bertz CT molecular complexity index is 314. The van der Waals surface area contributed by atoms with Crippen LogP contribution in [0.4, 0.5) is 0 Å². The molecule has 0 bridgehead atoms. The highest BCUT2D eigenvalue weighted by Gasteiger charge is 2.47. The standard InChI is InChI=1S/C19H38O6/c1-5-8-11-22-14-15-16(20)17(23-12-9-6-2)18(19(21-4)25-15)24-13-10-7-3/h15-20H,5-14H2,1-4H3/t15?,16?,17?,18-,19?/m1/s1. The number of aliphatic hydroxyl groups is 1. The molecule has 0 radical (unpaired) electrons. The number of rotatable bonds is 14. The van der Waals surface area contributed by atoms with Crippen LogP contribution in [-0.4, -0.2) is 69.3 Å². The van der Waals surface area contributed by atoms with Crippen LogP contribution in [0.2, 0.25) is 0 Å². The van der Waals surface area contributed by atoms with Crippen molar-refractivity contribution in [1.82, 2.24) is 0 Å². The summed E-state index contributed by atoms with van der Waals surface area (Å²) in [5, 5.41) is 10.8. The van der Waals surface area contributed by atoms with Crippen molar-refractivity contribution >= 4 is 0 Å². The summed E-state index contributed by atoms with van der Waals surface area (Å²) in [6.07, 6.45) is 3.32. The molecule has 150 valence electrons. The van der Waals surface area contributed by atoms with Gasteiger partial charge in [0.1, 0.15) is 24.4 Å². The van der Waals surface area contributed by atoms with Gasteiger partial charge < -0.3 is 28.8 Å². The van der Waals surface area contributed by atoms with E-state index in [4.69, 9.17) is 23.7 Å². The molecular weight excluding hydrogens is 324 g/mol. The smallest absolute Gasteiger partial charge is 0.186 e. The summed E-state index contributed by atoms with van der Waals surface area (Å²) in [6, 6.07) is 0. The van der Waals surface area contributed by atoms with Crippen LogP contribution in [0.15, 0.2) is 0 Å². The lowest BCUT2D eigenvalue weighted by Crippen LogP contribution is -2.61. The van der Waals surface area contributed by atoms with Gasteiger partial charge in [0.05, 0.1) is 6.61 Å². The van der Waals surface area contributed by atoms with Crippen molar-refractivity contribution in [3.05, 3.63) is 0 Å². The maximum atomic E-state index is 10.8. The topological polar surface area (TPSA) is 66.4 Å². The predicted octanol–water partition coefficient (Wildman–Crippen LogP) is 2.91. The van der Waals surface area contributed by atoms with Gasteiger partial charge in [-0.3, -0.25) is 0 Å². The van der Waals surface area contributed by atoms with E-state index in [1.54, 1.807) is 7.11 Å². The summed E-state index contributed by atoms with van der Waals surface area (Å²) in [7, 11) is 1.59. The average molecular weight is 363 g/mol. The molecular formula is C19H38O6. The highest BCUT2D eigenvalue weighted by molar-refractivity contribution is 4.91. The molecule has 5 atom stereocenters. The molecule has 4 unspecified atom stereocenters. The highest BCUT2D eigenvalue weighted by Crippen LogP contribution is 2.27. The van der Waals surface area contributed by atoms with Crippen LogP contribution in [-0.2, 0) is 23.7 Å². The summed E-state index contributed by atoms with van der Waals surface area (Å²) in [5.74, 6) is 0. The summed E-state index contributed by atoms with van der Waals surface area (Å²) >= 11 is 0. The van der Waals surface area contributed by atoms with Gasteiger partial charge in [0, 0.05) is 26.9 Å². The summed E-state index contributed by atoms with van der Waals surface area (Å²) in [4.78, 5) is 0. The van der Waals surface area contributed by atoms with Crippen LogP contribution in [0.3, 0.4) is 0 Å². The Labute approximate surface area is 153 Å². The average Bonchev–Trinajstić information content (AvgIpc) is 2.62. The summed E-state index contributed by atoms with van der Waals surface area (Å²) in [6.45, 7) is 8.53. The Hall–Kier alpha value is -0.240. The van der Waals surface area contributed by atoms with Crippen LogP contribution >= 0.6 is 0 Å². The molecule has 0 spiro atoms. The van der Waals surface area contributed by atoms with Gasteiger partial charge in [-0.1, -0.05) is 40.0 Å². The molecule has 0 aromatic heterocycles. The zero-order valence-electron chi connectivity index (χ0n) is 16.4. The lowest BCUT2D eigenvalue weighted by atomic mass is 9.98. The van der Waals surface area contributed by atoms with Crippen LogP contribution in [0.1, 0.15) is 59.3 Å². The number of aliphatic hydroxyl groups excluding tert-OH is 1. The summed E-state index contributed by atoms with van der Waals surface area (Å²) in [5.41, 5.74) is 0. The van der Waals surface area contributed by atoms with Gasteiger partial charge >= 0.3 is 0 Å². The van der Waals surface area contributed by atoms with Crippen molar-refractivity contribution in [3.8, 4) is 0 Å². The lowest BCUT2D eigenvalue weighted by molar-refractivity contribution is -0.312. The van der Waals surface area contributed by atoms with Crippen LogP contribution < -0.4 is 0 Å². The molecule has 6 heteroatoms. The SMILES string of the molecule is CCCCOCC1OC(OC)[C@H](OCCCC)C(OCCCC)C1O. The van der Waals surface area contributed by atoms with E-state index in [9.17, 15) is 5.11 Å². The van der Waals surface area contributed by atoms with Crippen molar-refractivity contribution in [1.29, 1.82) is 0 Å². The van der Waals surface area contributed by atoms with E-state index >= 15 is 0 Å². The Morgan fingerprint density at radius 2 is 1.40 bits per heavy atom. The second-order valence-electron chi connectivity index (χ2n) is 6.58. The number of unbranched alkanes of at least 4 members (excludes halogenated alkanes) is 3. The van der Waals surface area contributed by atoms with Crippen molar-refractivity contribution in [2.75, 3.05) is 33.5 Å². The molecule has 0 saturated carbocycles. The van der Waals surface area contributed by atoms with Gasteiger partial charge in [0.25, 0.3) is 0 Å². The number of hydrogen-bond donors (Lipinski definition) is 1. The van der Waals surface area contributed by atoms with Gasteiger partial charge in [-0.25, -0.2) is 0 Å². The predicted molar refractivity (Wildman–Crippen MR) is 96.7 cm³/mol. The van der Waals surface area contributed by atoms with Crippen LogP contribution in [0.25, 0.3) is 0 Å². The lowest BCUT2D eigenvalue weighted by Gasteiger charge is -2.43. The molecule has 0 aliphatic carbocycles. The highest BCUT2D eigenvalue weighted by atomic mass is 16.7. The van der Waals surface area contributed by atoms with Crippen molar-refractivity contribution in [3.63, 3.8) is 0 Å². The molecule has 1 aliphatic heterocycles. The first-order chi connectivity index (χ1) is 12.2. The molecule has 25 heavy (non-hydrogen) atoms. The van der Waals surface area contributed by atoms with Gasteiger partial charge in [-0.05, 0) is 19.3 Å².